The molecule has 0 saturated carbocycles. The zero-order chi connectivity index (χ0) is 12.3. The maximum absolute atomic E-state index is 5.78. The van der Waals surface area contributed by atoms with E-state index in [9.17, 15) is 0 Å². The van der Waals surface area contributed by atoms with Gasteiger partial charge in [0.2, 0.25) is 0 Å². The Kier molecular flexibility index (Phi) is 9.18. The third-order valence-electron chi connectivity index (χ3n) is 3.97. The fourth-order valence-electron chi connectivity index (χ4n) is 2.92. The lowest BCUT2D eigenvalue weighted by molar-refractivity contribution is 0.236. The summed E-state index contributed by atoms with van der Waals surface area (Å²) in [5.41, 5.74) is 0. The summed E-state index contributed by atoms with van der Waals surface area (Å²) in [5.74, 6) is 0.835. The van der Waals surface area contributed by atoms with Crippen LogP contribution in [0.25, 0.3) is 0 Å². The maximum Gasteiger partial charge on any atom is 0.0224 e. The van der Waals surface area contributed by atoms with E-state index in [1.807, 2.05) is 0 Å². The first-order chi connectivity index (χ1) is 8.38. The van der Waals surface area contributed by atoms with Crippen molar-refractivity contribution >= 4 is 11.6 Å². The zero-order valence-electron chi connectivity index (χ0n) is 11.6. The van der Waals surface area contributed by atoms with Gasteiger partial charge in [-0.3, -0.25) is 0 Å². The Balaban J connectivity index is 2.00. The van der Waals surface area contributed by atoms with Gasteiger partial charge in [0.05, 0.1) is 0 Å². The molecule has 0 aromatic heterocycles. The second-order valence-corrected chi connectivity index (χ2v) is 5.81. The van der Waals surface area contributed by atoms with E-state index in [4.69, 9.17) is 11.6 Å². The standard InChI is InChI=1S/C15H30ClN/c1-2-3-4-5-6-7-13-17-14-9-11-15(17)10-8-12-16/h15H,2-14H2,1H3. The van der Waals surface area contributed by atoms with Gasteiger partial charge in [0.15, 0.2) is 0 Å². The van der Waals surface area contributed by atoms with Crippen LogP contribution in [0.1, 0.15) is 71.1 Å². The van der Waals surface area contributed by atoms with Crippen LogP contribution in [0.4, 0.5) is 0 Å². The van der Waals surface area contributed by atoms with Gasteiger partial charge in [-0.2, -0.15) is 0 Å². The van der Waals surface area contributed by atoms with Crippen molar-refractivity contribution in [2.75, 3.05) is 19.0 Å². The van der Waals surface area contributed by atoms with E-state index in [1.165, 1.54) is 77.3 Å². The first kappa shape index (κ1) is 15.3. The Labute approximate surface area is 113 Å². The molecule has 0 aromatic carbocycles. The Morgan fingerprint density at radius 2 is 1.82 bits per heavy atom. The molecule has 0 bridgehead atoms. The lowest BCUT2D eigenvalue weighted by Gasteiger charge is -2.24. The van der Waals surface area contributed by atoms with Crippen molar-refractivity contribution in [3.63, 3.8) is 0 Å². The minimum absolute atomic E-state index is 0.835. The van der Waals surface area contributed by atoms with Crippen LogP contribution >= 0.6 is 11.6 Å². The van der Waals surface area contributed by atoms with Gasteiger partial charge in [-0.05, 0) is 45.2 Å². The highest BCUT2D eigenvalue weighted by Crippen LogP contribution is 2.22. The lowest BCUT2D eigenvalue weighted by atomic mass is 10.1. The minimum Gasteiger partial charge on any atom is -0.300 e. The van der Waals surface area contributed by atoms with Gasteiger partial charge in [-0.15, -0.1) is 11.6 Å². The van der Waals surface area contributed by atoms with E-state index >= 15 is 0 Å². The van der Waals surface area contributed by atoms with Crippen LogP contribution in [-0.2, 0) is 0 Å². The second kappa shape index (κ2) is 10.2. The Morgan fingerprint density at radius 1 is 1.06 bits per heavy atom. The molecule has 0 spiro atoms. The Bertz CT molecular complexity index is 172. The van der Waals surface area contributed by atoms with Crippen LogP contribution in [0.3, 0.4) is 0 Å². The molecule has 0 aromatic rings. The Morgan fingerprint density at radius 3 is 2.59 bits per heavy atom. The molecule has 1 aliphatic heterocycles. The van der Waals surface area contributed by atoms with Gasteiger partial charge in [0.25, 0.3) is 0 Å². The molecule has 1 rings (SSSR count). The molecule has 2 heteroatoms. The van der Waals surface area contributed by atoms with E-state index in [0.717, 1.165) is 11.9 Å². The summed E-state index contributed by atoms with van der Waals surface area (Å²) in [6.07, 6.45) is 13.8. The number of likely N-dealkylation sites (tertiary alicyclic amines) is 1. The molecule has 1 heterocycles. The second-order valence-electron chi connectivity index (χ2n) is 5.43. The lowest BCUT2D eigenvalue weighted by Crippen LogP contribution is -2.30. The van der Waals surface area contributed by atoms with E-state index in [0.29, 0.717) is 0 Å². The molecule has 0 aliphatic carbocycles. The average Bonchev–Trinajstić information content (AvgIpc) is 2.78. The van der Waals surface area contributed by atoms with Gasteiger partial charge in [-0.25, -0.2) is 0 Å². The van der Waals surface area contributed by atoms with Crippen molar-refractivity contribution < 1.29 is 0 Å². The van der Waals surface area contributed by atoms with Crippen LogP contribution < -0.4 is 0 Å². The molecule has 1 aliphatic rings. The van der Waals surface area contributed by atoms with Crippen molar-refractivity contribution in [2.45, 2.75) is 77.2 Å². The first-order valence-electron chi connectivity index (χ1n) is 7.68. The third kappa shape index (κ3) is 6.67. The molecule has 0 amide bonds. The molecule has 1 atom stereocenters. The largest absolute Gasteiger partial charge is 0.300 e. The van der Waals surface area contributed by atoms with Gasteiger partial charge in [0, 0.05) is 11.9 Å². The first-order valence-corrected chi connectivity index (χ1v) is 8.22. The molecule has 0 N–H and O–H groups in total. The fraction of sp³-hybridized carbons (Fsp3) is 1.00. The van der Waals surface area contributed by atoms with E-state index in [1.54, 1.807) is 0 Å². The molecule has 1 saturated heterocycles. The van der Waals surface area contributed by atoms with Crippen LogP contribution in [0.2, 0.25) is 0 Å². The summed E-state index contributed by atoms with van der Waals surface area (Å²) >= 11 is 5.78. The Hall–Kier alpha value is 0.250. The molecule has 0 radical (unpaired) electrons. The highest BCUT2D eigenvalue weighted by atomic mass is 35.5. The predicted octanol–water partition coefficient (Wildman–Crippen LogP) is 4.83. The number of hydrogen-bond acceptors (Lipinski definition) is 1. The summed E-state index contributed by atoms with van der Waals surface area (Å²) < 4.78 is 0. The van der Waals surface area contributed by atoms with Crippen molar-refractivity contribution in [1.29, 1.82) is 0 Å². The summed E-state index contributed by atoms with van der Waals surface area (Å²) in [6.45, 7) is 4.95. The average molecular weight is 260 g/mol. The molecule has 102 valence electrons. The smallest absolute Gasteiger partial charge is 0.0224 e. The number of alkyl halides is 1. The normalized spacial score (nSPS) is 21.2. The van der Waals surface area contributed by atoms with Crippen LogP contribution in [0, 0.1) is 0 Å². The number of halogens is 1. The fourth-order valence-corrected chi connectivity index (χ4v) is 3.08. The van der Waals surface area contributed by atoms with E-state index in [2.05, 4.69) is 11.8 Å². The highest BCUT2D eigenvalue weighted by Gasteiger charge is 2.22. The highest BCUT2D eigenvalue weighted by molar-refractivity contribution is 6.17. The third-order valence-corrected chi connectivity index (χ3v) is 4.24. The predicted molar refractivity (Wildman–Crippen MR) is 77.9 cm³/mol. The topological polar surface area (TPSA) is 3.24 Å². The molecule has 1 fully saturated rings. The number of unbranched alkanes of at least 4 members (excludes halogenated alkanes) is 5. The zero-order valence-corrected chi connectivity index (χ0v) is 12.4. The van der Waals surface area contributed by atoms with Crippen molar-refractivity contribution in [3.8, 4) is 0 Å². The van der Waals surface area contributed by atoms with Gasteiger partial charge >= 0.3 is 0 Å². The molecular weight excluding hydrogens is 230 g/mol. The number of nitrogens with zero attached hydrogens (tertiary/aromatic N) is 1. The summed E-state index contributed by atoms with van der Waals surface area (Å²) in [5, 5.41) is 0. The number of rotatable bonds is 10. The molecule has 1 unspecified atom stereocenters. The molecular formula is C15H30ClN. The van der Waals surface area contributed by atoms with Crippen molar-refractivity contribution in [1.82, 2.24) is 4.90 Å². The van der Waals surface area contributed by atoms with Crippen LogP contribution in [0.5, 0.6) is 0 Å². The molecule has 17 heavy (non-hydrogen) atoms. The molecule has 1 nitrogen and oxygen atoms in total. The summed E-state index contributed by atoms with van der Waals surface area (Å²) in [4.78, 5) is 2.71. The summed E-state index contributed by atoms with van der Waals surface area (Å²) in [7, 11) is 0. The van der Waals surface area contributed by atoms with Gasteiger partial charge < -0.3 is 4.90 Å². The number of hydrogen-bond donors (Lipinski definition) is 0. The monoisotopic (exact) mass is 259 g/mol. The van der Waals surface area contributed by atoms with Crippen molar-refractivity contribution in [3.05, 3.63) is 0 Å². The van der Waals surface area contributed by atoms with Crippen molar-refractivity contribution in [2.24, 2.45) is 0 Å². The van der Waals surface area contributed by atoms with Gasteiger partial charge in [0.1, 0.15) is 0 Å². The quantitative estimate of drug-likeness (QED) is 0.401. The minimum atomic E-state index is 0.835. The van der Waals surface area contributed by atoms with Crippen LogP contribution in [-0.4, -0.2) is 29.9 Å². The van der Waals surface area contributed by atoms with E-state index < -0.39 is 0 Å². The van der Waals surface area contributed by atoms with Gasteiger partial charge in [-0.1, -0.05) is 39.0 Å². The summed E-state index contributed by atoms with van der Waals surface area (Å²) in [6, 6.07) is 0.851. The van der Waals surface area contributed by atoms with Crippen LogP contribution in [0.15, 0.2) is 0 Å². The SMILES string of the molecule is CCCCCCCCN1CCCC1CCCCl. The van der Waals surface area contributed by atoms with E-state index in [-0.39, 0.29) is 0 Å². The maximum atomic E-state index is 5.78.